The number of rotatable bonds is 4. The third-order valence-corrected chi connectivity index (χ3v) is 3.65. The van der Waals surface area contributed by atoms with E-state index in [1.807, 2.05) is 62.5 Å². The molecule has 0 unspecified atom stereocenters. The van der Waals surface area contributed by atoms with Gasteiger partial charge in [-0.1, -0.05) is 49.5 Å². The van der Waals surface area contributed by atoms with E-state index in [4.69, 9.17) is 17.1 Å². The van der Waals surface area contributed by atoms with E-state index in [2.05, 4.69) is 0 Å². The Kier molecular flexibility index (Phi) is 5.09. The number of carbonyl (C=O) groups is 1. The summed E-state index contributed by atoms with van der Waals surface area (Å²) in [5.41, 5.74) is 1.96. The fraction of sp³-hybridized carbons (Fsp3) is 0.375. The number of hydroxylamine groups is 2. The molecule has 1 amide bonds. The third-order valence-electron chi connectivity index (χ3n) is 3.22. The van der Waals surface area contributed by atoms with E-state index in [1.165, 1.54) is 5.06 Å². The summed E-state index contributed by atoms with van der Waals surface area (Å²) < 4.78 is 0. The number of benzene rings is 1. The fourth-order valence-electron chi connectivity index (χ4n) is 2.19. The van der Waals surface area contributed by atoms with E-state index >= 15 is 0 Å². The van der Waals surface area contributed by atoms with Crippen molar-refractivity contribution in [1.82, 2.24) is 9.96 Å². The van der Waals surface area contributed by atoms with Crippen LogP contribution in [0.25, 0.3) is 0 Å². The SMILES string of the molecule is C[C@H]1C/C(=C\N(C)C)C(=S)N(OCc2ccccc2)C1=O. The predicted octanol–water partition coefficient (Wildman–Crippen LogP) is 2.76. The van der Waals surface area contributed by atoms with Crippen LogP contribution in [0.5, 0.6) is 0 Å². The molecule has 1 fully saturated rings. The number of thiocarbonyl (C=S) groups is 1. The highest BCUT2D eigenvalue weighted by atomic mass is 32.1. The molecule has 0 N–H and O–H groups in total. The largest absolute Gasteiger partial charge is 0.383 e. The van der Waals surface area contributed by atoms with E-state index in [9.17, 15) is 4.79 Å². The summed E-state index contributed by atoms with van der Waals surface area (Å²) in [4.78, 5) is 20.3. The van der Waals surface area contributed by atoms with Gasteiger partial charge in [0.15, 0.2) is 0 Å². The first kappa shape index (κ1) is 15.7. The summed E-state index contributed by atoms with van der Waals surface area (Å²) in [5.74, 6) is -0.203. The van der Waals surface area contributed by atoms with Gasteiger partial charge in [-0.2, -0.15) is 5.06 Å². The Morgan fingerprint density at radius 3 is 2.67 bits per heavy atom. The summed E-state index contributed by atoms with van der Waals surface area (Å²) in [6.07, 6.45) is 2.60. The molecule has 0 saturated carbocycles. The standard InChI is InChI=1S/C16H20N2O2S/c1-12-9-14(10-17(2)3)16(21)18(15(12)19)20-11-13-7-5-4-6-8-13/h4-8,10,12H,9,11H2,1-3H3/b14-10+/t12-/m0/s1. The van der Waals surface area contributed by atoms with Crippen molar-refractivity contribution in [2.75, 3.05) is 14.1 Å². The predicted molar refractivity (Wildman–Crippen MR) is 86.2 cm³/mol. The number of amides is 1. The molecule has 1 aliphatic heterocycles. The van der Waals surface area contributed by atoms with E-state index < -0.39 is 0 Å². The number of carbonyl (C=O) groups excluding carboxylic acids is 1. The van der Waals surface area contributed by atoms with Crippen molar-refractivity contribution >= 4 is 23.1 Å². The molecule has 5 heteroatoms. The fourth-order valence-corrected chi connectivity index (χ4v) is 2.47. The zero-order chi connectivity index (χ0) is 15.4. The Morgan fingerprint density at radius 1 is 1.38 bits per heavy atom. The molecule has 0 aliphatic carbocycles. The molecule has 0 aromatic heterocycles. The van der Waals surface area contributed by atoms with Gasteiger partial charge in [0.25, 0.3) is 5.91 Å². The second-order valence-corrected chi connectivity index (χ2v) is 5.81. The third kappa shape index (κ3) is 3.89. The van der Waals surface area contributed by atoms with E-state index in [0.717, 1.165) is 11.1 Å². The summed E-state index contributed by atoms with van der Waals surface area (Å²) in [6, 6.07) is 9.74. The quantitative estimate of drug-likeness (QED) is 0.632. The average molecular weight is 304 g/mol. The molecule has 1 saturated heterocycles. The van der Waals surface area contributed by atoms with Crippen LogP contribution in [-0.4, -0.2) is 35.0 Å². The minimum atomic E-state index is -0.126. The Hall–Kier alpha value is -1.72. The van der Waals surface area contributed by atoms with Crippen molar-refractivity contribution < 1.29 is 9.63 Å². The van der Waals surface area contributed by atoms with Gasteiger partial charge in [0.1, 0.15) is 11.6 Å². The van der Waals surface area contributed by atoms with Gasteiger partial charge in [0, 0.05) is 31.8 Å². The lowest BCUT2D eigenvalue weighted by Crippen LogP contribution is -2.44. The molecule has 1 aliphatic rings. The van der Waals surface area contributed by atoms with Gasteiger partial charge in [-0.25, -0.2) is 0 Å². The maximum absolute atomic E-state index is 12.3. The van der Waals surface area contributed by atoms with Crippen LogP contribution in [0.2, 0.25) is 0 Å². The van der Waals surface area contributed by atoms with Crippen LogP contribution >= 0.6 is 12.2 Å². The molecule has 0 spiro atoms. The van der Waals surface area contributed by atoms with Crippen LogP contribution in [0, 0.1) is 5.92 Å². The number of piperidine rings is 1. The summed E-state index contributed by atoms with van der Waals surface area (Å²) in [6.45, 7) is 2.22. The minimum absolute atomic E-state index is 0.0770. The van der Waals surface area contributed by atoms with Crippen LogP contribution in [0.15, 0.2) is 42.1 Å². The molecular formula is C16H20N2O2S. The minimum Gasteiger partial charge on any atom is -0.383 e. The molecule has 1 heterocycles. The number of nitrogens with zero attached hydrogens (tertiary/aromatic N) is 2. The second kappa shape index (κ2) is 6.83. The molecule has 21 heavy (non-hydrogen) atoms. The maximum atomic E-state index is 12.3. The van der Waals surface area contributed by atoms with Crippen molar-refractivity contribution in [2.24, 2.45) is 5.92 Å². The van der Waals surface area contributed by atoms with Gasteiger partial charge in [-0.05, 0) is 12.0 Å². The van der Waals surface area contributed by atoms with Crippen LogP contribution < -0.4 is 0 Å². The smallest absolute Gasteiger partial charge is 0.254 e. The van der Waals surface area contributed by atoms with Crippen molar-refractivity contribution in [3.63, 3.8) is 0 Å². The first-order valence-electron chi connectivity index (χ1n) is 6.91. The zero-order valence-electron chi connectivity index (χ0n) is 12.6. The van der Waals surface area contributed by atoms with Crippen molar-refractivity contribution in [3.8, 4) is 0 Å². The first-order valence-corrected chi connectivity index (χ1v) is 7.32. The number of hydrogen-bond acceptors (Lipinski definition) is 4. The van der Waals surface area contributed by atoms with E-state index in [-0.39, 0.29) is 11.8 Å². The van der Waals surface area contributed by atoms with Gasteiger partial charge in [-0.3, -0.25) is 9.63 Å². The first-order chi connectivity index (χ1) is 9.99. The Morgan fingerprint density at radius 2 is 2.05 bits per heavy atom. The van der Waals surface area contributed by atoms with Crippen molar-refractivity contribution in [3.05, 3.63) is 47.7 Å². The van der Waals surface area contributed by atoms with Crippen LogP contribution in [0.4, 0.5) is 0 Å². The molecular weight excluding hydrogens is 284 g/mol. The Bertz CT molecular complexity index is 555. The lowest BCUT2D eigenvalue weighted by atomic mass is 9.96. The van der Waals surface area contributed by atoms with E-state index in [1.54, 1.807) is 0 Å². The van der Waals surface area contributed by atoms with Crippen LogP contribution in [0.1, 0.15) is 18.9 Å². The lowest BCUT2D eigenvalue weighted by Gasteiger charge is -2.32. The molecule has 0 radical (unpaired) electrons. The zero-order valence-corrected chi connectivity index (χ0v) is 13.4. The molecule has 2 rings (SSSR count). The molecule has 1 aromatic carbocycles. The van der Waals surface area contributed by atoms with Crippen molar-refractivity contribution in [2.45, 2.75) is 20.0 Å². The Labute approximate surface area is 130 Å². The van der Waals surface area contributed by atoms with Gasteiger partial charge in [0.2, 0.25) is 0 Å². The lowest BCUT2D eigenvalue weighted by molar-refractivity contribution is -0.171. The molecule has 1 aromatic rings. The van der Waals surface area contributed by atoms with Gasteiger partial charge >= 0.3 is 0 Å². The molecule has 1 atom stereocenters. The van der Waals surface area contributed by atoms with Crippen molar-refractivity contribution in [1.29, 1.82) is 0 Å². The molecule has 0 bridgehead atoms. The normalized spacial score (nSPS) is 21.0. The molecule has 4 nitrogen and oxygen atoms in total. The molecule has 112 valence electrons. The van der Waals surface area contributed by atoms with E-state index in [0.29, 0.717) is 18.0 Å². The number of hydrogen-bond donors (Lipinski definition) is 0. The highest BCUT2D eigenvalue weighted by Crippen LogP contribution is 2.25. The summed E-state index contributed by atoms with van der Waals surface area (Å²) in [7, 11) is 3.87. The second-order valence-electron chi connectivity index (χ2n) is 5.42. The highest BCUT2D eigenvalue weighted by molar-refractivity contribution is 7.80. The van der Waals surface area contributed by atoms with Gasteiger partial charge < -0.3 is 4.90 Å². The highest BCUT2D eigenvalue weighted by Gasteiger charge is 2.33. The summed E-state index contributed by atoms with van der Waals surface area (Å²) in [5, 5.41) is 1.27. The topological polar surface area (TPSA) is 32.8 Å². The Balaban J connectivity index is 2.12. The maximum Gasteiger partial charge on any atom is 0.254 e. The average Bonchev–Trinajstić information content (AvgIpc) is 2.45. The van der Waals surface area contributed by atoms with Gasteiger partial charge in [-0.15, -0.1) is 0 Å². The summed E-state index contributed by atoms with van der Waals surface area (Å²) >= 11 is 5.40. The van der Waals surface area contributed by atoms with Crippen LogP contribution in [-0.2, 0) is 16.2 Å². The van der Waals surface area contributed by atoms with Crippen LogP contribution in [0.3, 0.4) is 0 Å². The monoisotopic (exact) mass is 304 g/mol. The van der Waals surface area contributed by atoms with Gasteiger partial charge in [0.05, 0.1) is 0 Å².